The van der Waals surface area contributed by atoms with E-state index in [1.54, 1.807) is 6.20 Å². The van der Waals surface area contributed by atoms with Gasteiger partial charge in [0.15, 0.2) is 0 Å². The van der Waals surface area contributed by atoms with Crippen molar-refractivity contribution >= 4 is 34.4 Å². The Bertz CT molecular complexity index is 949. The van der Waals surface area contributed by atoms with Crippen LogP contribution in [0.3, 0.4) is 0 Å². The molecule has 0 radical (unpaired) electrons. The summed E-state index contributed by atoms with van der Waals surface area (Å²) in [6.07, 6.45) is 1.97. The lowest BCUT2D eigenvalue weighted by atomic mass is 10.00. The molecule has 1 heterocycles. The number of hydrogen-bond acceptors (Lipinski definition) is 2. The third-order valence-corrected chi connectivity index (χ3v) is 4.38. The van der Waals surface area contributed by atoms with Gasteiger partial charge in [0.2, 0.25) is 5.91 Å². The van der Waals surface area contributed by atoms with E-state index in [2.05, 4.69) is 10.3 Å². The van der Waals surface area contributed by atoms with E-state index in [-0.39, 0.29) is 12.3 Å². The first-order valence-corrected chi connectivity index (χ1v) is 8.18. The molecule has 1 unspecified atom stereocenters. The Morgan fingerprint density at radius 1 is 1.24 bits per heavy atom. The normalized spacial score (nSPS) is 12.1. The molecule has 0 saturated heterocycles. The average molecular weight is 357 g/mol. The summed E-state index contributed by atoms with van der Waals surface area (Å²) >= 11 is 6.27. The lowest BCUT2D eigenvalue weighted by Crippen LogP contribution is -2.41. The van der Waals surface area contributed by atoms with Crippen LogP contribution in [0.2, 0.25) is 5.02 Å². The van der Waals surface area contributed by atoms with E-state index >= 15 is 0 Å². The molecule has 0 bridgehead atoms. The number of carbonyl (C=O) groups excluding carboxylic acids is 1. The summed E-state index contributed by atoms with van der Waals surface area (Å²) in [5.74, 6) is -1.43. The van der Waals surface area contributed by atoms with Crippen LogP contribution in [0.5, 0.6) is 0 Å². The molecule has 2 aromatic carbocycles. The second-order valence-electron chi connectivity index (χ2n) is 5.85. The minimum Gasteiger partial charge on any atom is -0.480 e. The number of carboxylic acid groups (broad SMARTS) is 1. The summed E-state index contributed by atoms with van der Waals surface area (Å²) in [5, 5.41) is 13.3. The maximum Gasteiger partial charge on any atom is 0.326 e. The Morgan fingerprint density at radius 2 is 2.00 bits per heavy atom. The number of nitrogens with one attached hydrogen (secondary N) is 2. The number of benzene rings is 2. The van der Waals surface area contributed by atoms with Gasteiger partial charge in [-0.3, -0.25) is 4.79 Å². The summed E-state index contributed by atoms with van der Waals surface area (Å²) in [6.45, 7) is 1.31. The first-order valence-electron chi connectivity index (χ1n) is 7.80. The minimum atomic E-state index is -1.06. The molecule has 0 aliphatic rings. The molecule has 5 nitrogen and oxygen atoms in total. The largest absolute Gasteiger partial charge is 0.480 e. The van der Waals surface area contributed by atoms with E-state index in [0.717, 1.165) is 27.6 Å². The van der Waals surface area contributed by atoms with Crippen LogP contribution in [-0.2, 0) is 16.0 Å². The smallest absolute Gasteiger partial charge is 0.326 e. The van der Waals surface area contributed by atoms with E-state index in [1.165, 1.54) is 6.92 Å². The number of fused-ring (bicyclic) bond motifs is 1. The van der Waals surface area contributed by atoms with Crippen LogP contribution in [0.25, 0.3) is 22.0 Å². The van der Waals surface area contributed by atoms with Gasteiger partial charge in [-0.05, 0) is 29.3 Å². The number of hydrogen-bond donors (Lipinski definition) is 3. The Labute approximate surface area is 149 Å². The fourth-order valence-corrected chi connectivity index (χ4v) is 3.12. The van der Waals surface area contributed by atoms with E-state index in [1.807, 2.05) is 42.5 Å². The third kappa shape index (κ3) is 3.67. The van der Waals surface area contributed by atoms with Gasteiger partial charge < -0.3 is 15.4 Å². The third-order valence-electron chi connectivity index (χ3n) is 4.05. The molecule has 6 heteroatoms. The SMILES string of the molecule is CC(=O)NC(Cc1c[nH]c2ccc(-c3ccccc3Cl)cc12)C(=O)O. The first-order chi connectivity index (χ1) is 12.0. The van der Waals surface area contributed by atoms with Gasteiger partial charge in [0.25, 0.3) is 0 Å². The van der Waals surface area contributed by atoms with Crippen molar-refractivity contribution in [3.05, 3.63) is 59.2 Å². The number of H-pyrrole nitrogens is 1. The predicted octanol–water partition coefficient (Wildman–Crippen LogP) is 3.62. The second kappa shape index (κ2) is 6.99. The topological polar surface area (TPSA) is 82.2 Å². The number of amides is 1. The van der Waals surface area contributed by atoms with Crippen molar-refractivity contribution in [1.29, 1.82) is 0 Å². The Morgan fingerprint density at radius 3 is 2.68 bits per heavy atom. The molecule has 3 rings (SSSR count). The number of carbonyl (C=O) groups is 2. The van der Waals surface area contributed by atoms with E-state index in [4.69, 9.17) is 11.6 Å². The second-order valence-corrected chi connectivity index (χ2v) is 6.26. The van der Waals surface area contributed by atoms with Crippen LogP contribution in [0, 0.1) is 0 Å². The molecule has 0 aliphatic heterocycles. The first kappa shape index (κ1) is 17.0. The summed E-state index contributed by atoms with van der Waals surface area (Å²) in [6, 6.07) is 12.5. The lowest BCUT2D eigenvalue weighted by Gasteiger charge is -2.13. The number of aromatic nitrogens is 1. The molecular weight excluding hydrogens is 340 g/mol. The highest BCUT2D eigenvalue weighted by Gasteiger charge is 2.20. The number of carboxylic acids is 1. The number of aromatic amines is 1. The van der Waals surface area contributed by atoms with E-state index in [0.29, 0.717) is 5.02 Å². The van der Waals surface area contributed by atoms with Gasteiger partial charge in [-0.1, -0.05) is 35.9 Å². The number of halogens is 1. The molecule has 3 aromatic rings. The fraction of sp³-hybridized carbons (Fsp3) is 0.158. The maximum absolute atomic E-state index is 11.4. The van der Waals surface area contributed by atoms with Gasteiger partial charge in [0, 0.05) is 41.0 Å². The van der Waals surface area contributed by atoms with Gasteiger partial charge in [0.05, 0.1) is 0 Å². The summed E-state index contributed by atoms with van der Waals surface area (Å²) < 4.78 is 0. The highest BCUT2D eigenvalue weighted by Crippen LogP contribution is 2.31. The summed E-state index contributed by atoms with van der Waals surface area (Å²) in [7, 11) is 0. The highest BCUT2D eigenvalue weighted by molar-refractivity contribution is 6.33. The molecule has 25 heavy (non-hydrogen) atoms. The van der Waals surface area contributed by atoms with Crippen LogP contribution >= 0.6 is 11.6 Å². The van der Waals surface area contributed by atoms with Crippen LogP contribution in [0.4, 0.5) is 0 Å². The van der Waals surface area contributed by atoms with Crippen molar-refractivity contribution in [2.75, 3.05) is 0 Å². The van der Waals surface area contributed by atoms with Crippen LogP contribution in [0.1, 0.15) is 12.5 Å². The van der Waals surface area contributed by atoms with Crippen LogP contribution in [-0.4, -0.2) is 28.0 Å². The van der Waals surface area contributed by atoms with Gasteiger partial charge >= 0.3 is 5.97 Å². The van der Waals surface area contributed by atoms with Crippen LogP contribution < -0.4 is 5.32 Å². The van der Waals surface area contributed by atoms with Crippen molar-refractivity contribution in [1.82, 2.24) is 10.3 Å². The Balaban J connectivity index is 2.00. The zero-order chi connectivity index (χ0) is 18.0. The summed E-state index contributed by atoms with van der Waals surface area (Å²) in [5.41, 5.74) is 3.59. The monoisotopic (exact) mass is 356 g/mol. The fourth-order valence-electron chi connectivity index (χ4n) is 2.88. The molecule has 1 aromatic heterocycles. The van der Waals surface area contributed by atoms with Gasteiger partial charge in [-0.15, -0.1) is 0 Å². The van der Waals surface area contributed by atoms with Crippen molar-refractivity contribution in [3.63, 3.8) is 0 Å². The molecule has 1 atom stereocenters. The molecule has 3 N–H and O–H groups in total. The molecule has 0 saturated carbocycles. The Hall–Kier alpha value is -2.79. The Kier molecular flexibility index (Phi) is 4.76. The molecule has 1 amide bonds. The molecule has 0 fully saturated rings. The van der Waals surface area contributed by atoms with Gasteiger partial charge in [0.1, 0.15) is 6.04 Å². The van der Waals surface area contributed by atoms with Crippen molar-refractivity contribution in [2.24, 2.45) is 0 Å². The molecule has 128 valence electrons. The zero-order valence-electron chi connectivity index (χ0n) is 13.5. The predicted molar refractivity (Wildman–Crippen MR) is 97.7 cm³/mol. The molecule has 0 aliphatic carbocycles. The van der Waals surface area contributed by atoms with E-state index < -0.39 is 12.0 Å². The van der Waals surface area contributed by atoms with Crippen molar-refractivity contribution in [2.45, 2.75) is 19.4 Å². The molecule has 0 spiro atoms. The standard InChI is InChI=1S/C19H17ClN2O3/c1-11(23)22-18(19(24)25)9-13-10-21-17-7-6-12(8-15(13)17)14-4-2-3-5-16(14)20/h2-8,10,18,21H,9H2,1H3,(H,22,23)(H,24,25). The molecular formula is C19H17ClN2O3. The quantitative estimate of drug-likeness (QED) is 0.653. The minimum absolute atomic E-state index is 0.195. The van der Waals surface area contributed by atoms with Crippen LogP contribution in [0.15, 0.2) is 48.7 Å². The highest BCUT2D eigenvalue weighted by atomic mass is 35.5. The van der Waals surface area contributed by atoms with Gasteiger partial charge in [-0.2, -0.15) is 0 Å². The number of rotatable bonds is 5. The zero-order valence-corrected chi connectivity index (χ0v) is 14.3. The average Bonchev–Trinajstić information content (AvgIpc) is 2.96. The van der Waals surface area contributed by atoms with E-state index in [9.17, 15) is 14.7 Å². The van der Waals surface area contributed by atoms with Crippen molar-refractivity contribution < 1.29 is 14.7 Å². The number of aliphatic carboxylic acids is 1. The summed E-state index contributed by atoms with van der Waals surface area (Å²) in [4.78, 5) is 25.8. The van der Waals surface area contributed by atoms with Crippen molar-refractivity contribution in [3.8, 4) is 11.1 Å². The maximum atomic E-state index is 11.4. The van der Waals surface area contributed by atoms with Gasteiger partial charge in [-0.25, -0.2) is 4.79 Å². The lowest BCUT2D eigenvalue weighted by molar-refractivity contribution is -0.141.